The van der Waals surface area contributed by atoms with Crippen molar-refractivity contribution in [1.29, 1.82) is 0 Å². The summed E-state index contributed by atoms with van der Waals surface area (Å²) in [6, 6.07) is 10.8. The molecular formula is C24H28Cl2N6O2. The minimum Gasteiger partial charge on any atom is -0.382 e. The Morgan fingerprint density at radius 1 is 0.765 bits per heavy atom. The van der Waals surface area contributed by atoms with Crippen LogP contribution in [0.4, 0.5) is 0 Å². The van der Waals surface area contributed by atoms with Crippen LogP contribution in [0.3, 0.4) is 0 Å². The molecule has 0 aliphatic heterocycles. The van der Waals surface area contributed by atoms with Crippen LogP contribution in [0, 0.1) is 0 Å². The van der Waals surface area contributed by atoms with Crippen molar-refractivity contribution >= 4 is 23.2 Å². The molecule has 0 aliphatic carbocycles. The quantitative estimate of drug-likeness (QED) is 0.382. The summed E-state index contributed by atoms with van der Waals surface area (Å²) in [5.41, 5.74) is 4.52. The van der Waals surface area contributed by atoms with Crippen LogP contribution in [0.15, 0.2) is 48.8 Å². The summed E-state index contributed by atoms with van der Waals surface area (Å²) in [6.45, 7) is 4.05. The van der Waals surface area contributed by atoms with E-state index in [1.54, 1.807) is 46.0 Å². The highest BCUT2D eigenvalue weighted by molar-refractivity contribution is 6.30. The van der Waals surface area contributed by atoms with Crippen LogP contribution >= 0.6 is 23.2 Å². The molecule has 4 aromatic heterocycles. The van der Waals surface area contributed by atoms with Crippen molar-refractivity contribution in [1.82, 2.24) is 29.5 Å². The Morgan fingerprint density at radius 2 is 1.15 bits per heavy atom. The van der Waals surface area contributed by atoms with Gasteiger partial charge in [-0.3, -0.25) is 9.36 Å². The first-order valence-corrected chi connectivity index (χ1v) is 11.6. The number of pyridine rings is 2. The summed E-state index contributed by atoms with van der Waals surface area (Å²) in [5, 5.41) is 29.8. The Labute approximate surface area is 208 Å². The van der Waals surface area contributed by atoms with Crippen molar-refractivity contribution in [2.45, 2.75) is 38.9 Å². The summed E-state index contributed by atoms with van der Waals surface area (Å²) in [4.78, 5) is 7.92. The second kappa shape index (κ2) is 11.6. The molecule has 0 spiro atoms. The zero-order valence-electron chi connectivity index (χ0n) is 19.5. The van der Waals surface area contributed by atoms with E-state index in [9.17, 15) is 10.2 Å². The van der Waals surface area contributed by atoms with Crippen LogP contribution in [0.5, 0.6) is 0 Å². The fourth-order valence-electron chi connectivity index (χ4n) is 3.47. The summed E-state index contributed by atoms with van der Waals surface area (Å²) in [6.07, 6.45) is 3.27. The van der Waals surface area contributed by atoms with E-state index < -0.39 is 12.2 Å². The molecule has 2 atom stereocenters. The third kappa shape index (κ3) is 5.82. The van der Waals surface area contributed by atoms with E-state index in [-0.39, 0.29) is 0 Å². The van der Waals surface area contributed by atoms with Gasteiger partial charge in [0.05, 0.1) is 22.8 Å². The Morgan fingerprint density at radius 3 is 1.44 bits per heavy atom. The molecule has 0 aliphatic rings. The number of aliphatic hydroxyl groups excluding tert-OH is 2. The van der Waals surface area contributed by atoms with Gasteiger partial charge >= 0.3 is 0 Å². The zero-order valence-corrected chi connectivity index (χ0v) is 21.0. The number of hydrogen-bond acceptors (Lipinski definition) is 6. The van der Waals surface area contributed by atoms with Gasteiger partial charge in [0, 0.05) is 37.6 Å². The fraction of sp³-hybridized carbons (Fsp3) is 0.333. The average Bonchev–Trinajstić information content (AvgIpc) is 3.41. The third-order valence-electron chi connectivity index (χ3n) is 5.38. The number of aromatic nitrogens is 6. The number of halogens is 2. The first kappa shape index (κ1) is 25.8. The van der Waals surface area contributed by atoms with E-state index >= 15 is 0 Å². The van der Waals surface area contributed by atoms with Crippen molar-refractivity contribution < 1.29 is 10.2 Å². The van der Waals surface area contributed by atoms with Crippen LogP contribution in [0.2, 0.25) is 10.3 Å². The van der Waals surface area contributed by atoms with Crippen LogP contribution < -0.4 is 0 Å². The first-order valence-electron chi connectivity index (χ1n) is 10.9. The minimum atomic E-state index is -0.797. The summed E-state index contributed by atoms with van der Waals surface area (Å²) < 4.78 is 3.35. The number of nitrogens with zero attached hydrogens (tertiary/aromatic N) is 6. The molecule has 2 N–H and O–H groups in total. The summed E-state index contributed by atoms with van der Waals surface area (Å²) in [5.74, 6) is 0. The Hall–Kier alpha value is -2.78. The predicted molar refractivity (Wildman–Crippen MR) is 132 cm³/mol. The van der Waals surface area contributed by atoms with E-state index in [1.807, 2.05) is 40.1 Å². The van der Waals surface area contributed by atoms with Crippen LogP contribution in [0.1, 0.15) is 60.0 Å². The largest absolute Gasteiger partial charge is 0.382 e. The van der Waals surface area contributed by atoms with Crippen molar-refractivity contribution in [2.75, 3.05) is 0 Å². The van der Waals surface area contributed by atoms with Gasteiger partial charge in [-0.15, -0.1) is 0 Å². The normalized spacial score (nSPS) is 12.7. The van der Waals surface area contributed by atoms with E-state index in [1.165, 1.54) is 0 Å². The van der Waals surface area contributed by atoms with Gasteiger partial charge in [-0.2, -0.15) is 10.2 Å². The van der Waals surface area contributed by atoms with E-state index in [4.69, 9.17) is 23.2 Å². The second-order valence-corrected chi connectivity index (χ2v) is 8.36. The maximum Gasteiger partial charge on any atom is 0.135 e. The fourth-order valence-corrected chi connectivity index (χ4v) is 3.91. The summed E-state index contributed by atoms with van der Waals surface area (Å²) >= 11 is 11.9. The molecule has 0 bridgehead atoms. The topological polar surface area (TPSA) is 102 Å². The lowest BCUT2D eigenvalue weighted by molar-refractivity contribution is 0.209. The van der Waals surface area contributed by atoms with Crippen molar-refractivity contribution in [2.24, 2.45) is 14.1 Å². The Balaban J connectivity index is 0.000000191. The Bertz CT molecular complexity index is 1140. The molecule has 0 aromatic carbocycles. The molecule has 0 saturated carbocycles. The molecule has 0 saturated heterocycles. The maximum atomic E-state index is 10.3. The first-order chi connectivity index (χ1) is 16.3. The number of rotatable bonds is 6. The second-order valence-electron chi connectivity index (χ2n) is 7.65. The van der Waals surface area contributed by atoms with Gasteiger partial charge in [0.2, 0.25) is 0 Å². The summed E-state index contributed by atoms with van der Waals surface area (Å²) in [7, 11) is 3.62. The van der Waals surface area contributed by atoms with Crippen molar-refractivity contribution in [3.63, 3.8) is 0 Å². The molecule has 34 heavy (non-hydrogen) atoms. The van der Waals surface area contributed by atoms with Gasteiger partial charge in [0.25, 0.3) is 0 Å². The highest BCUT2D eigenvalue weighted by atomic mass is 35.5. The highest BCUT2D eigenvalue weighted by Gasteiger charge is 2.19. The number of aryl methyl sites for hydroxylation is 4. The van der Waals surface area contributed by atoms with Crippen molar-refractivity contribution in [3.05, 3.63) is 93.0 Å². The van der Waals surface area contributed by atoms with Gasteiger partial charge in [-0.05, 0) is 37.1 Å². The lowest BCUT2D eigenvalue weighted by atomic mass is 10.1. The SMILES string of the molecule is CCc1cc(C(O)c2cccnc2Cl)n(C)n1.CCc1cc(C(O)c2cccnc2Cl)n(C)n1. The van der Waals surface area contributed by atoms with Gasteiger partial charge in [0.1, 0.15) is 22.5 Å². The molecule has 8 nitrogen and oxygen atoms in total. The lowest BCUT2D eigenvalue weighted by Gasteiger charge is -2.11. The van der Waals surface area contributed by atoms with Gasteiger partial charge in [-0.25, -0.2) is 9.97 Å². The van der Waals surface area contributed by atoms with E-state index in [0.29, 0.717) is 21.4 Å². The predicted octanol–water partition coefficient (Wildman–Crippen LogP) is 4.23. The van der Waals surface area contributed by atoms with Gasteiger partial charge in [-0.1, -0.05) is 49.2 Å². The molecule has 2 unspecified atom stereocenters. The lowest BCUT2D eigenvalue weighted by Crippen LogP contribution is -2.07. The van der Waals surface area contributed by atoms with Gasteiger partial charge in [0.15, 0.2) is 0 Å². The molecular weight excluding hydrogens is 475 g/mol. The standard InChI is InChI=1S/2C12H14ClN3O/c2*1-3-8-7-10(16(2)15-8)11(17)9-5-4-6-14-12(9)13/h2*4-7,11,17H,3H2,1-2H3. The maximum absolute atomic E-state index is 10.3. The molecule has 4 aromatic rings. The highest BCUT2D eigenvalue weighted by Crippen LogP contribution is 2.27. The van der Waals surface area contributed by atoms with Gasteiger partial charge < -0.3 is 10.2 Å². The van der Waals surface area contributed by atoms with E-state index in [2.05, 4.69) is 20.2 Å². The molecule has 0 amide bonds. The third-order valence-corrected chi connectivity index (χ3v) is 6.01. The molecule has 180 valence electrons. The van der Waals surface area contributed by atoms with Crippen LogP contribution in [-0.2, 0) is 26.9 Å². The monoisotopic (exact) mass is 502 g/mol. The van der Waals surface area contributed by atoms with Crippen LogP contribution in [-0.4, -0.2) is 39.7 Å². The van der Waals surface area contributed by atoms with Crippen molar-refractivity contribution in [3.8, 4) is 0 Å². The Kier molecular flexibility index (Phi) is 8.79. The zero-order chi connectivity index (χ0) is 24.8. The smallest absolute Gasteiger partial charge is 0.135 e. The molecule has 4 rings (SSSR count). The number of aliphatic hydroxyl groups is 2. The molecule has 10 heteroatoms. The molecule has 0 fully saturated rings. The van der Waals surface area contributed by atoms with E-state index in [0.717, 1.165) is 35.6 Å². The number of hydrogen-bond donors (Lipinski definition) is 2. The van der Waals surface area contributed by atoms with Crippen LogP contribution in [0.25, 0.3) is 0 Å². The molecule has 0 radical (unpaired) electrons. The average molecular weight is 503 g/mol. The minimum absolute atomic E-state index is 0.319. The molecule has 4 heterocycles.